The van der Waals surface area contributed by atoms with Gasteiger partial charge in [-0.05, 0) is 19.6 Å². The quantitative estimate of drug-likeness (QED) is 0.365. The number of nitrogens with zero attached hydrogens (tertiary/aromatic N) is 3. The van der Waals surface area contributed by atoms with E-state index in [1.54, 1.807) is 19.6 Å². The maximum Gasteiger partial charge on any atom is 0.266 e. The second-order valence-corrected chi connectivity index (χ2v) is 11.6. The van der Waals surface area contributed by atoms with E-state index in [1.165, 1.54) is 0 Å². The molecule has 0 atom stereocenters. The van der Waals surface area contributed by atoms with Crippen molar-refractivity contribution in [2.24, 2.45) is 0 Å². The largest absolute Gasteiger partial charge is 1.00 e. The fourth-order valence-corrected chi connectivity index (χ4v) is 2.94. The van der Waals surface area contributed by atoms with Gasteiger partial charge < -0.3 is 8.81 Å². The van der Waals surface area contributed by atoms with Crippen molar-refractivity contribution in [2.45, 2.75) is 19.6 Å². The van der Waals surface area contributed by atoms with Crippen molar-refractivity contribution in [3.05, 3.63) is 0 Å². The summed E-state index contributed by atoms with van der Waals surface area (Å²) >= 11 is 0.120. The fraction of sp³-hybridized carbons (Fsp3) is 1.00. The summed E-state index contributed by atoms with van der Waals surface area (Å²) in [5.74, 6) is 0. The summed E-state index contributed by atoms with van der Waals surface area (Å²) in [6, 6.07) is 0. The molecule has 0 aromatic carbocycles. The van der Waals surface area contributed by atoms with Crippen LogP contribution < -0.4 is 4.70 Å². The van der Waals surface area contributed by atoms with E-state index >= 15 is 0 Å². The zero-order chi connectivity index (χ0) is 12.8. The monoisotopic (exact) mass is 275 g/mol. The molecule has 0 spiro atoms. The first kappa shape index (κ1) is 21.6. The Kier molecular flexibility index (Phi) is 12.6. The zero-order valence-electron chi connectivity index (χ0n) is 12.0. The minimum atomic E-state index is -2.11. The summed E-state index contributed by atoms with van der Waals surface area (Å²) < 4.78 is 18.4. The molecule has 0 N–H and O–H groups in total. The molecule has 0 heterocycles. The number of rotatable bonds is 3. The molecule has 0 unspecified atom stereocenters. The highest BCUT2D eigenvalue weighted by Gasteiger charge is 2.29. The van der Waals surface area contributed by atoms with Crippen LogP contribution in [0.4, 0.5) is 4.11 Å². The van der Waals surface area contributed by atoms with Crippen LogP contribution in [0.2, 0.25) is 19.6 Å². The van der Waals surface area contributed by atoms with Crippen molar-refractivity contribution < 1.29 is 8.81 Å². The molecular weight excluding hydrogens is 248 g/mol. The van der Waals surface area contributed by atoms with E-state index in [0.717, 1.165) is 0 Å². The molecule has 0 saturated heterocycles. The van der Waals surface area contributed by atoms with Gasteiger partial charge in [-0.15, -0.1) is 0 Å². The smallest absolute Gasteiger partial charge is 0.266 e. The van der Waals surface area contributed by atoms with Crippen LogP contribution in [0.15, 0.2) is 0 Å². The van der Waals surface area contributed by atoms with Gasteiger partial charge in [0, 0.05) is 42.3 Å². The highest BCUT2D eigenvalue weighted by atomic mass is 32.2. The number of hydrogen-bond donors (Lipinski definition) is 0. The Balaban J connectivity index is -0.000000242. The van der Waals surface area contributed by atoms with Gasteiger partial charge in [0.1, 0.15) is 0 Å². The molecule has 7 heteroatoms. The lowest BCUT2D eigenvalue weighted by Gasteiger charge is -2.20. The molecule has 0 aromatic heterocycles. The summed E-state index contributed by atoms with van der Waals surface area (Å²) in [5.41, 5.74) is 0. The number of hydrogen-bond acceptors (Lipinski definition) is 3. The van der Waals surface area contributed by atoms with Crippen LogP contribution in [0.3, 0.4) is 0 Å². The van der Waals surface area contributed by atoms with E-state index in [0.29, 0.717) is 0 Å². The van der Waals surface area contributed by atoms with Crippen molar-refractivity contribution in [1.29, 1.82) is 0 Å². The van der Waals surface area contributed by atoms with Gasteiger partial charge in [-0.3, -0.25) is 0 Å². The Morgan fingerprint density at radius 2 is 0.875 bits per heavy atom. The highest BCUT2D eigenvalue weighted by Crippen LogP contribution is 2.05. The molecule has 0 bridgehead atoms. The molecule has 0 aromatic rings. The van der Waals surface area contributed by atoms with Gasteiger partial charge >= 0.3 is 0 Å². The maximum atomic E-state index is 11.8. The molecule has 0 aliphatic carbocycles. The standard InChI is InChI=1S/C6H18N3S.C3H9FSi.FH/c1-7(2)10(8(3)4)9(5)6;1-5(2,3)4;/h1-6H3;1-3H3;1H/q+1;;/p-1. The van der Waals surface area contributed by atoms with Gasteiger partial charge in [-0.2, -0.15) is 0 Å². The normalized spacial score (nSPS) is 11.6. The van der Waals surface area contributed by atoms with Crippen LogP contribution in [-0.2, 0) is 11.5 Å². The molecule has 102 valence electrons. The molecular formula is C9H27F2N3SSi. The van der Waals surface area contributed by atoms with Crippen LogP contribution in [0.1, 0.15) is 0 Å². The molecule has 0 aliphatic heterocycles. The Morgan fingerprint density at radius 3 is 0.875 bits per heavy atom. The molecule has 0 radical (unpaired) electrons. The molecule has 0 aliphatic rings. The summed E-state index contributed by atoms with van der Waals surface area (Å²) in [4.78, 5) is 0. The predicted molar refractivity (Wildman–Crippen MR) is 72.9 cm³/mol. The van der Waals surface area contributed by atoms with E-state index < -0.39 is 8.41 Å². The van der Waals surface area contributed by atoms with Crippen LogP contribution in [0.5, 0.6) is 0 Å². The first-order valence-corrected chi connectivity index (χ1v) is 9.39. The van der Waals surface area contributed by atoms with Crippen molar-refractivity contribution in [2.75, 3.05) is 42.3 Å². The molecule has 0 fully saturated rings. The van der Waals surface area contributed by atoms with Crippen LogP contribution in [0, 0.1) is 0 Å². The Morgan fingerprint density at radius 1 is 0.750 bits per heavy atom. The third-order valence-electron chi connectivity index (χ3n) is 0.980. The van der Waals surface area contributed by atoms with Gasteiger partial charge in [-0.25, -0.2) is 0 Å². The zero-order valence-corrected chi connectivity index (χ0v) is 13.8. The Hall–Kier alpha value is 0.307. The number of halogens is 2. The molecule has 16 heavy (non-hydrogen) atoms. The lowest BCUT2D eigenvalue weighted by Crippen LogP contribution is -3.00. The molecule has 0 saturated carbocycles. The van der Waals surface area contributed by atoms with E-state index in [1.807, 2.05) is 0 Å². The third kappa shape index (κ3) is 16.7. The van der Waals surface area contributed by atoms with Crippen molar-refractivity contribution in [3.63, 3.8) is 0 Å². The topological polar surface area (TPSA) is 9.72 Å². The Bertz CT molecular complexity index is 138. The predicted octanol–water partition coefficient (Wildman–Crippen LogP) is -1.17. The van der Waals surface area contributed by atoms with Crippen LogP contribution in [-0.4, -0.2) is 63.6 Å². The van der Waals surface area contributed by atoms with Gasteiger partial charge in [0.15, 0.2) is 0 Å². The first-order chi connectivity index (χ1) is 6.46. The van der Waals surface area contributed by atoms with E-state index in [4.69, 9.17) is 0 Å². The molecule has 0 amide bonds. The van der Waals surface area contributed by atoms with Crippen LogP contribution >= 0.6 is 0 Å². The molecule has 3 nitrogen and oxygen atoms in total. The van der Waals surface area contributed by atoms with E-state index in [-0.39, 0.29) is 16.2 Å². The lowest BCUT2D eigenvalue weighted by molar-refractivity contribution is -0.00000467. The summed E-state index contributed by atoms with van der Waals surface area (Å²) in [5, 5.41) is 0. The highest BCUT2D eigenvalue weighted by molar-refractivity contribution is 7.90. The van der Waals surface area contributed by atoms with Gasteiger partial charge in [0.25, 0.3) is 11.5 Å². The van der Waals surface area contributed by atoms with Crippen molar-refractivity contribution in [1.82, 2.24) is 12.9 Å². The lowest BCUT2D eigenvalue weighted by atomic mass is 11.2. The summed E-state index contributed by atoms with van der Waals surface area (Å²) in [7, 11) is 10.4. The fourth-order valence-electron chi connectivity index (χ4n) is 0.980. The second kappa shape index (κ2) is 9.35. The van der Waals surface area contributed by atoms with Gasteiger partial charge in [0.05, 0.1) is 0 Å². The Labute approximate surface area is 104 Å². The average Bonchev–Trinajstić information content (AvgIpc) is 1.77. The SMILES string of the molecule is CN(C)[S+](N(C)C)N(C)C.C[Si](C)(C)F.[F-]. The summed E-state index contributed by atoms with van der Waals surface area (Å²) in [6.07, 6.45) is 0. The average molecular weight is 275 g/mol. The maximum absolute atomic E-state index is 11.8. The van der Waals surface area contributed by atoms with Crippen LogP contribution in [0.25, 0.3) is 0 Å². The van der Waals surface area contributed by atoms with E-state index in [9.17, 15) is 4.11 Å². The van der Waals surface area contributed by atoms with Crippen molar-refractivity contribution >= 4 is 19.9 Å². The first-order valence-electron chi connectivity index (χ1n) is 4.92. The van der Waals surface area contributed by atoms with Gasteiger partial charge in [-0.1, -0.05) is 12.9 Å². The molecule has 0 rings (SSSR count). The van der Waals surface area contributed by atoms with Crippen molar-refractivity contribution in [3.8, 4) is 0 Å². The second-order valence-electron chi connectivity index (χ2n) is 4.75. The summed E-state index contributed by atoms with van der Waals surface area (Å²) in [6.45, 7) is 4.98. The minimum absolute atomic E-state index is 0. The van der Waals surface area contributed by atoms with Gasteiger partial charge in [0.2, 0.25) is 8.41 Å². The van der Waals surface area contributed by atoms with E-state index in [2.05, 4.69) is 55.2 Å². The third-order valence-corrected chi connectivity index (χ3v) is 2.94. The minimum Gasteiger partial charge on any atom is -1.00 e.